The predicted molar refractivity (Wildman–Crippen MR) is 94.0 cm³/mol. The second kappa shape index (κ2) is 7.14. The number of para-hydroxylation sites is 1. The molecule has 3 nitrogen and oxygen atoms in total. The van der Waals surface area contributed by atoms with Crippen molar-refractivity contribution in [1.82, 2.24) is 9.88 Å². The first-order chi connectivity index (χ1) is 11.2. The Balaban J connectivity index is 1.62. The fourth-order valence-electron chi connectivity index (χ4n) is 3.53. The molecule has 3 rings (SSSR count). The van der Waals surface area contributed by atoms with Crippen molar-refractivity contribution in [2.75, 3.05) is 20.2 Å². The molecule has 0 N–H and O–H groups in total. The average molecular weight is 310 g/mol. The molecule has 0 radical (unpaired) electrons. The molecule has 0 atom stereocenters. The van der Waals surface area contributed by atoms with E-state index in [2.05, 4.69) is 48.0 Å². The first kappa shape index (κ1) is 16.0. The number of aryl methyl sites for hydroxylation is 2. The number of hydrogen-bond acceptors (Lipinski definition) is 3. The highest BCUT2D eigenvalue weighted by molar-refractivity contribution is 5.36. The smallest absolute Gasteiger partial charge is 0.122 e. The van der Waals surface area contributed by atoms with E-state index in [0.29, 0.717) is 5.92 Å². The van der Waals surface area contributed by atoms with E-state index in [-0.39, 0.29) is 0 Å². The van der Waals surface area contributed by atoms with Crippen LogP contribution in [0.15, 0.2) is 36.5 Å². The summed E-state index contributed by atoms with van der Waals surface area (Å²) in [6, 6.07) is 10.7. The minimum absolute atomic E-state index is 0.606. The molecule has 1 aromatic heterocycles. The molecule has 0 spiro atoms. The van der Waals surface area contributed by atoms with E-state index in [1.54, 1.807) is 7.11 Å². The summed E-state index contributed by atoms with van der Waals surface area (Å²) >= 11 is 0. The van der Waals surface area contributed by atoms with Gasteiger partial charge in [-0.25, -0.2) is 0 Å². The van der Waals surface area contributed by atoms with Gasteiger partial charge in [-0.1, -0.05) is 24.3 Å². The number of methoxy groups -OCH3 is 1. The fraction of sp³-hybridized carbons (Fsp3) is 0.450. The topological polar surface area (TPSA) is 25.4 Å². The number of ether oxygens (including phenoxy) is 1. The largest absolute Gasteiger partial charge is 0.496 e. The minimum atomic E-state index is 0.606. The molecule has 2 aromatic rings. The molecule has 0 amide bonds. The molecule has 0 unspecified atom stereocenters. The van der Waals surface area contributed by atoms with Gasteiger partial charge in [0.2, 0.25) is 0 Å². The van der Waals surface area contributed by atoms with Crippen LogP contribution in [0.4, 0.5) is 0 Å². The van der Waals surface area contributed by atoms with Gasteiger partial charge in [0.1, 0.15) is 5.75 Å². The Morgan fingerprint density at radius 3 is 2.61 bits per heavy atom. The van der Waals surface area contributed by atoms with Gasteiger partial charge >= 0.3 is 0 Å². The molecule has 3 heteroatoms. The van der Waals surface area contributed by atoms with Crippen LogP contribution in [0.5, 0.6) is 5.75 Å². The highest BCUT2D eigenvalue weighted by atomic mass is 16.5. The van der Waals surface area contributed by atoms with Crippen molar-refractivity contribution in [3.05, 3.63) is 58.9 Å². The number of piperidine rings is 1. The molecule has 122 valence electrons. The Morgan fingerprint density at radius 1 is 1.17 bits per heavy atom. The van der Waals surface area contributed by atoms with Crippen LogP contribution in [0, 0.1) is 13.8 Å². The molecular weight excluding hydrogens is 284 g/mol. The van der Waals surface area contributed by atoms with Crippen LogP contribution in [-0.4, -0.2) is 30.1 Å². The van der Waals surface area contributed by atoms with Gasteiger partial charge in [0.25, 0.3) is 0 Å². The molecular formula is C20H26N2O. The zero-order valence-electron chi connectivity index (χ0n) is 14.4. The van der Waals surface area contributed by atoms with Crippen molar-refractivity contribution in [1.29, 1.82) is 0 Å². The third-order valence-corrected chi connectivity index (χ3v) is 4.86. The van der Waals surface area contributed by atoms with E-state index in [4.69, 9.17) is 4.74 Å². The van der Waals surface area contributed by atoms with Gasteiger partial charge in [-0.05, 0) is 68.5 Å². The molecule has 0 bridgehead atoms. The van der Waals surface area contributed by atoms with E-state index >= 15 is 0 Å². The van der Waals surface area contributed by atoms with Crippen LogP contribution in [-0.2, 0) is 6.54 Å². The second-order valence-corrected chi connectivity index (χ2v) is 6.57. The predicted octanol–water partition coefficient (Wildman–Crippen LogP) is 4.09. The van der Waals surface area contributed by atoms with Gasteiger partial charge < -0.3 is 4.74 Å². The third-order valence-electron chi connectivity index (χ3n) is 4.86. The molecule has 0 saturated carbocycles. The summed E-state index contributed by atoms with van der Waals surface area (Å²) in [7, 11) is 1.76. The number of aromatic nitrogens is 1. The van der Waals surface area contributed by atoms with E-state index in [1.807, 2.05) is 12.3 Å². The van der Waals surface area contributed by atoms with Crippen LogP contribution < -0.4 is 4.74 Å². The van der Waals surface area contributed by atoms with Gasteiger partial charge in [0.05, 0.1) is 12.8 Å². The van der Waals surface area contributed by atoms with Crippen LogP contribution in [0.2, 0.25) is 0 Å². The van der Waals surface area contributed by atoms with Gasteiger partial charge in [0, 0.05) is 12.7 Å². The summed E-state index contributed by atoms with van der Waals surface area (Å²) in [6.45, 7) is 7.47. The summed E-state index contributed by atoms with van der Waals surface area (Å²) in [5.74, 6) is 1.64. The first-order valence-electron chi connectivity index (χ1n) is 8.44. The lowest BCUT2D eigenvalue weighted by Crippen LogP contribution is -2.33. The summed E-state index contributed by atoms with van der Waals surface area (Å²) in [5.41, 5.74) is 5.11. The highest BCUT2D eigenvalue weighted by Crippen LogP contribution is 2.34. The molecule has 23 heavy (non-hydrogen) atoms. The monoisotopic (exact) mass is 310 g/mol. The molecule has 1 aliphatic heterocycles. The molecule has 2 heterocycles. The number of benzene rings is 1. The third kappa shape index (κ3) is 3.73. The number of likely N-dealkylation sites (tertiary alicyclic amines) is 1. The Kier molecular flexibility index (Phi) is 4.97. The lowest BCUT2D eigenvalue weighted by atomic mass is 9.88. The zero-order chi connectivity index (χ0) is 16.2. The summed E-state index contributed by atoms with van der Waals surface area (Å²) in [6.07, 6.45) is 4.35. The van der Waals surface area contributed by atoms with Gasteiger partial charge in [-0.2, -0.15) is 0 Å². The number of hydrogen-bond donors (Lipinski definition) is 0. The Morgan fingerprint density at radius 2 is 1.91 bits per heavy atom. The molecule has 0 aliphatic carbocycles. The molecule has 1 aliphatic rings. The zero-order valence-corrected chi connectivity index (χ0v) is 14.4. The normalized spacial score (nSPS) is 16.5. The second-order valence-electron chi connectivity index (χ2n) is 6.57. The number of rotatable bonds is 4. The van der Waals surface area contributed by atoms with Crippen LogP contribution in [0.3, 0.4) is 0 Å². The van der Waals surface area contributed by atoms with Crippen LogP contribution >= 0.6 is 0 Å². The summed E-state index contributed by atoms with van der Waals surface area (Å²) in [4.78, 5) is 7.14. The quantitative estimate of drug-likeness (QED) is 0.850. The SMILES string of the molecule is COc1ccccc1C1CCN(Cc2ncc(C)cc2C)CC1. The van der Waals surface area contributed by atoms with Crippen molar-refractivity contribution in [2.24, 2.45) is 0 Å². The summed E-state index contributed by atoms with van der Waals surface area (Å²) < 4.78 is 5.52. The number of nitrogens with zero attached hydrogens (tertiary/aromatic N) is 2. The van der Waals surface area contributed by atoms with Crippen molar-refractivity contribution in [3.8, 4) is 5.75 Å². The standard InChI is InChI=1S/C20H26N2O/c1-15-12-16(2)19(21-13-15)14-22-10-8-17(9-11-22)18-6-4-5-7-20(18)23-3/h4-7,12-13,17H,8-11,14H2,1-3H3. The van der Waals surface area contributed by atoms with Crippen molar-refractivity contribution < 1.29 is 4.74 Å². The van der Waals surface area contributed by atoms with E-state index < -0.39 is 0 Å². The molecule has 1 aromatic carbocycles. The van der Waals surface area contributed by atoms with E-state index in [9.17, 15) is 0 Å². The maximum absolute atomic E-state index is 5.52. The van der Waals surface area contributed by atoms with Gasteiger partial charge in [0.15, 0.2) is 0 Å². The first-order valence-corrected chi connectivity index (χ1v) is 8.44. The van der Waals surface area contributed by atoms with Gasteiger partial charge in [-0.3, -0.25) is 9.88 Å². The summed E-state index contributed by atoms with van der Waals surface area (Å²) in [5, 5.41) is 0. The average Bonchev–Trinajstić information content (AvgIpc) is 2.58. The molecule has 1 saturated heterocycles. The fourth-order valence-corrected chi connectivity index (χ4v) is 3.53. The lowest BCUT2D eigenvalue weighted by Gasteiger charge is -2.32. The Bertz CT molecular complexity index is 660. The van der Waals surface area contributed by atoms with Crippen LogP contribution in [0.1, 0.15) is 41.1 Å². The maximum Gasteiger partial charge on any atom is 0.122 e. The minimum Gasteiger partial charge on any atom is -0.496 e. The Hall–Kier alpha value is -1.87. The van der Waals surface area contributed by atoms with Gasteiger partial charge in [-0.15, -0.1) is 0 Å². The molecule has 1 fully saturated rings. The number of pyridine rings is 1. The highest BCUT2D eigenvalue weighted by Gasteiger charge is 2.23. The van der Waals surface area contributed by atoms with Crippen molar-refractivity contribution in [2.45, 2.75) is 39.2 Å². The van der Waals surface area contributed by atoms with Crippen LogP contribution in [0.25, 0.3) is 0 Å². The van der Waals surface area contributed by atoms with E-state index in [1.165, 1.54) is 35.2 Å². The Labute approximate surface area is 139 Å². The lowest BCUT2D eigenvalue weighted by molar-refractivity contribution is 0.200. The van der Waals surface area contributed by atoms with Crippen molar-refractivity contribution in [3.63, 3.8) is 0 Å². The van der Waals surface area contributed by atoms with Crippen molar-refractivity contribution >= 4 is 0 Å². The maximum atomic E-state index is 5.52. The van der Waals surface area contributed by atoms with E-state index in [0.717, 1.165) is 25.4 Å².